The first-order valence-electron chi connectivity index (χ1n) is 15.8. The fourth-order valence-corrected chi connectivity index (χ4v) is 3.62. The first kappa shape index (κ1) is 44.5. The maximum Gasteiger partial charge on any atom is 0.408 e. The lowest BCUT2D eigenvalue weighted by Crippen LogP contribution is -2.42. The van der Waals surface area contributed by atoms with Gasteiger partial charge in [-0.05, 0) is 57.6 Å². The van der Waals surface area contributed by atoms with Crippen LogP contribution in [-0.2, 0) is 46.6 Å². The van der Waals surface area contributed by atoms with Crippen molar-refractivity contribution in [3.05, 3.63) is 71.8 Å². The number of aliphatic carboxylic acids is 2. The monoisotopic (exact) mass is 691 g/mol. The lowest BCUT2D eigenvalue weighted by molar-refractivity contribution is -0.148. The number of nitrogens with two attached hydrogens (primary N) is 2. The standard InChI is InChI=1S/C15H21NO4.C15H23NO3.C5H9NO4/c1-11(16-14(18)20-15(2,3)4)13(17)19-10-12-8-6-5-7-9-12;1-11(2)8-13(16)14(17)9-15(18)19-10-12-6-4-3-5-7-12;6-3(5(9)10)1-2-4(7)8/h5-9,11H,10H2,1-4H3,(H,16,18);3-7,11,13-14,17H,8-10,16H2,1-2H3;3H,1-2,6H2,(H,7,8)(H,9,10)/t11-;13-,14-;3-/m000/s1. The molecule has 8 N–H and O–H groups in total. The molecule has 0 heterocycles. The summed E-state index contributed by atoms with van der Waals surface area (Å²) in [7, 11) is 0. The molecule has 0 fully saturated rings. The Morgan fingerprint density at radius 1 is 0.816 bits per heavy atom. The Hall–Kier alpha value is -4.53. The smallest absolute Gasteiger partial charge is 0.408 e. The molecule has 274 valence electrons. The molecule has 0 spiro atoms. The topological polar surface area (TPSA) is 238 Å². The molecule has 4 atom stereocenters. The van der Waals surface area contributed by atoms with Crippen LogP contribution < -0.4 is 16.8 Å². The Morgan fingerprint density at radius 2 is 1.31 bits per heavy atom. The minimum absolute atomic E-state index is 0.0231. The molecular formula is C35H53N3O11. The Balaban J connectivity index is 0.000000746. The Kier molecular flexibility index (Phi) is 21.5. The fourth-order valence-electron chi connectivity index (χ4n) is 3.62. The largest absolute Gasteiger partial charge is 0.481 e. The summed E-state index contributed by atoms with van der Waals surface area (Å²) < 4.78 is 15.3. The van der Waals surface area contributed by atoms with Crippen molar-refractivity contribution in [3.8, 4) is 0 Å². The number of aliphatic hydroxyl groups is 1. The van der Waals surface area contributed by atoms with Crippen LogP contribution in [0.2, 0.25) is 0 Å². The number of benzene rings is 2. The van der Waals surface area contributed by atoms with Gasteiger partial charge in [0.1, 0.15) is 30.9 Å². The summed E-state index contributed by atoms with van der Waals surface area (Å²) in [6, 6.07) is 16.6. The maximum atomic E-state index is 11.7. The van der Waals surface area contributed by atoms with Crippen LogP contribution in [0.3, 0.4) is 0 Å². The van der Waals surface area contributed by atoms with E-state index >= 15 is 0 Å². The molecule has 0 radical (unpaired) electrons. The average Bonchev–Trinajstić information content (AvgIpc) is 3.01. The van der Waals surface area contributed by atoms with Crippen LogP contribution in [0.25, 0.3) is 0 Å². The fraction of sp³-hybridized carbons (Fsp3) is 0.514. The summed E-state index contributed by atoms with van der Waals surface area (Å²) in [5.74, 6) is -2.72. The third kappa shape index (κ3) is 24.3. The van der Waals surface area contributed by atoms with E-state index in [9.17, 15) is 29.1 Å². The van der Waals surface area contributed by atoms with Crippen LogP contribution in [0.1, 0.15) is 78.4 Å². The van der Waals surface area contributed by atoms with Gasteiger partial charge in [-0.1, -0.05) is 74.5 Å². The van der Waals surface area contributed by atoms with Gasteiger partial charge >= 0.3 is 30.0 Å². The predicted octanol–water partition coefficient (Wildman–Crippen LogP) is 3.76. The van der Waals surface area contributed by atoms with E-state index in [4.69, 9.17) is 35.9 Å². The lowest BCUT2D eigenvalue weighted by atomic mass is 9.98. The number of amides is 1. The molecule has 0 saturated carbocycles. The highest BCUT2D eigenvalue weighted by molar-refractivity contribution is 5.81. The number of alkyl carbamates (subject to hydrolysis) is 1. The van der Waals surface area contributed by atoms with E-state index in [0.29, 0.717) is 12.3 Å². The molecule has 0 saturated heterocycles. The van der Waals surface area contributed by atoms with Gasteiger partial charge in [0.05, 0.1) is 12.5 Å². The maximum absolute atomic E-state index is 11.7. The van der Waals surface area contributed by atoms with Crippen LogP contribution >= 0.6 is 0 Å². The predicted molar refractivity (Wildman–Crippen MR) is 182 cm³/mol. The minimum atomic E-state index is -1.17. The molecular weight excluding hydrogens is 638 g/mol. The van der Waals surface area contributed by atoms with E-state index in [2.05, 4.69) is 5.32 Å². The van der Waals surface area contributed by atoms with Crippen molar-refractivity contribution in [2.24, 2.45) is 17.4 Å². The highest BCUT2D eigenvalue weighted by Crippen LogP contribution is 2.10. The van der Waals surface area contributed by atoms with Gasteiger partial charge in [0.25, 0.3) is 0 Å². The Morgan fingerprint density at radius 3 is 1.73 bits per heavy atom. The van der Waals surface area contributed by atoms with Crippen LogP contribution in [0.5, 0.6) is 0 Å². The van der Waals surface area contributed by atoms with Crippen LogP contribution in [0.4, 0.5) is 4.79 Å². The van der Waals surface area contributed by atoms with Crippen molar-refractivity contribution in [3.63, 3.8) is 0 Å². The highest BCUT2D eigenvalue weighted by Gasteiger charge is 2.22. The van der Waals surface area contributed by atoms with E-state index in [0.717, 1.165) is 11.1 Å². The van der Waals surface area contributed by atoms with Gasteiger partial charge in [-0.3, -0.25) is 14.4 Å². The van der Waals surface area contributed by atoms with Gasteiger partial charge in [0.2, 0.25) is 0 Å². The van der Waals surface area contributed by atoms with Crippen LogP contribution in [0.15, 0.2) is 60.7 Å². The second-order valence-corrected chi connectivity index (χ2v) is 12.5. The van der Waals surface area contributed by atoms with Crippen molar-refractivity contribution in [2.45, 2.75) is 110 Å². The van der Waals surface area contributed by atoms with E-state index in [1.165, 1.54) is 0 Å². The highest BCUT2D eigenvalue weighted by atomic mass is 16.6. The number of esters is 2. The van der Waals surface area contributed by atoms with E-state index in [-0.39, 0.29) is 38.5 Å². The SMILES string of the molecule is CC(C)C[C@H](N)[C@@H](O)CC(=O)OCc1ccccc1.C[C@H](NC(=O)OC(C)(C)C)C(=O)OCc1ccccc1.N[C@@H](CCC(=O)O)C(=O)O. The number of nitrogens with one attached hydrogen (secondary N) is 1. The molecule has 0 unspecified atom stereocenters. The summed E-state index contributed by atoms with van der Waals surface area (Å²) >= 11 is 0. The first-order chi connectivity index (χ1) is 22.8. The average molecular weight is 692 g/mol. The molecule has 2 rings (SSSR count). The summed E-state index contributed by atoms with van der Waals surface area (Å²) in [5, 5.41) is 28.5. The van der Waals surface area contributed by atoms with Crippen molar-refractivity contribution in [1.29, 1.82) is 0 Å². The Bertz CT molecular complexity index is 1270. The second-order valence-electron chi connectivity index (χ2n) is 12.5. The number of aliphatic hydroxyl groups excluding tert-OH is 1. The zero-order chi connectivity index (χ0) is 37.6. The number of carbonyl (C=O) groups excluding carboxylic acids is 3. The molecule has 14 heteroatoms. The summed E-state index contributed by atoms with van der Waals surface area (Å²) in [4.78, 5) is 54.7. The van der Waals surface area contributed by atoms with Gasteiger partial charge in [0.15, 0.2) is 0 Å². The number of carbonyl (C=O) groups is 5. The zero-order valence-corrected chi connectivity index (χ0v) is 29.2. The molecule has 0 bridgehead atoms. The van der Waals surface area contributed by atoms with E-state index in [1.807, 2.05) is 74.5 Å². The Labute approximate surface area is 288 Å². The third-order valence-corrected chi connectivity index (χ3v) is 6.15. The second kappa shape index (κ2) is 23.7. The number of ether oxygens (including phenoxy) is 3. The minimum Gasteiger partial charge on any atom is -0.481 e. The molecule has 0 aliphatic heterocycles. The van der Waals surface area contributed by atoms with Gasteiger partial charge < -0.3 is 46.3 Å². The number of rotatable bonds is 15. The molecule has 0 aliphatic carbocycles. The third-order valence-electron chi connectivity index (χ3n) is 6.15. The number of carboxylic acids is 2. The molecule has 1 amide bonds. The van der Waals surface area contributed by atoms with Crippen LogP contribution in [0, 0.1) is 5.92 Å². The van der Waals surface area contributed by atoms with E-state index < -0.39 is 53.8 Å². The van der Waals surface area contributed by atoms with Crippen molar-refractivity contribution in [2.75, 3.05) is 0 Å². The lowest BCUT2D eigenvalue weighted by Gasteiger charge is -2.21. The van der Waals surface area contributed by atoms with Gasteiger partial charge in [-0.15, -0.1) is 0 Å². The van der Waals surface area contributed by atoms with Crippen molar-refractivity contribution < 1.29 is 53.5 Å². The molecule has 2 aromatic rings. The molecule has 2 aromatic carbocycles. The molecule has 49 heavy (non-hydrogen) atoms. The molecule has 14 nitrogen and oxygen atoms in total. The summed E-state index contributed by atoms with van der Waals surface area (Å²) in [5.41, 5.74) is 12.0. The zero-order valence-electron chi connectivity index (χ0n) is 29.2. The molecule has 0 aromatic heterocycles. The van der Waals surface area contributed by atoms with Gasteiger partial charge in [-0.2, -0.15) is 0 Å². The van der Waals surface area contributed by atoms with Gasteiger partial charge in [0, 0.05) is 12.5 Å². The van der Waals surface area contributed by atoms with Crippen molar-refractivity contribution in [1.82, 2.24) is 5.32 Å². The number of carboxylic acid groups (broad SMARTS) is 2. The summed E-state index contributed by atoms with van der Waals surface area (Å²) in [6.07, 6.45) is -1.07. The number of hydrogen-bond acceptors (Lipinski definition) is 11. The van der Waals surface area contributed by atoms with Gasteiger partial charge in [-0.25, -0.2) is 9.59 Å². The normalized spacial score (nSPS) is 13.1. The number of hydrogen-bond donors (Lipinski definition) is 6. The van der Waals surface area contributed by atoms with Crippen molar-refractivity contribution >= 4 is 30.0 Å². The first-order valence-corrected chi connectivity index (χ1v) is 15.8. The quantitative estimate of drug-likeness (QED) is 0.115. The molecule has 0 aliphatic rings. The summed E-state index contributed by atoms with van der Waals surface area (Å²) in [6.45, 7) is 11.3. The van der Waals surface area contributed by atoms with E-state index in [1.54, 1.807) is 27.7 Å². The van der Waals surface area contributed by atoms with Crippen LogP contribution in [-0.4, -0.2) is 75.1 Å².